The standard InChI is InChI=1S/C40H46O10/c1-29(41)3-5-31-7-15-37(16-8-31)49-39(43)33-11-19-35(20-12-33)47-27-25-45-23-24-46-26-28-48-36-21-13-34(14-22-36)40(44)50-38-17-9-32(10-18-38)6-4-30(2)42/h7-22,29-30,41-42H,3-6,23-28H2,1-2H3. The molecule has 2 unspecified atom stereocenters. The molecule has 10 heteroatoms. The summed E-state index contributed by atoms with van der Waals surface area (Å²) in [7, 11) is 0. The van der Waals surface area contributed by atoms with Crippen molar-refractivity contribution in [2.24, 2.45) is 0 Å². The van der Waals surface area contributed by atoms with Gasteiger partial charge in [0.05, 0.1) is 49.8 Å². The SMILES string of the molecule is CC(O)CCc1ccc(OC(=O)c2ccc(OCCOCCOCCOc3ccc(C(=O)Oc4ccc(CCC(C)O)cc4)cc3)cc2)cc1. The molecule has 0 heterocycles. The molecule has 4 aromatic carbocycles. The van der Waals surface area contributed by atoms with Crippen molar-refractivity contribution >= 4 is 11.9 Å². The first-order valence-corrected chi connectivity index (χ1v) is 16.8. The van der Waals surface area contributed by atoms with Crippen LogP contribution in [0.25, 0.3) is 0 Å². The molecule has 2 atom stereocenters. The molecule has 0 bridgehead atoms. The number of rotatable bonds is 21. The average Bonchev–Trinajstić information content (AvgIpc) is 3.12. The van der Waals surface area contributed by atoms with Crippen LogP contribution in [0.3, 0.4) is 0 Å². The van der Waals surface area contributed by atoms with Crippen LogP contribution in [0.4, 0.5) is 0 Å². The molecule has 0 saturated heterocycles. The number of aliphatic hydroxyl groups excluding tert-OH is 2. The first kappa shape index (κ1) is 38.1. The van der Waals surface area contributed by atoms with Crippen LogP contribution in [0.1, 0.15) is 58.5 Å². The minimum absolute atomic E-state index is 0.342. The van der Waals surface area contributed by atoms with Gasteiger partial charge < -0.3 is 38.6 Å². The van der Waals surface area contributed by atoms with Gasteiger partial charge >= 0.3 is 11.9 Å². The Bertz CT molecular complexity index is 1440. The highest BCUT2D eigenvalue weighted by Gasteiger charge is 2.11. The van der Waals surface area contributed by atoms with Gasteiger partial charge in [-0.15, -0.1) is 0 Å². The quantitative estimate of drug-likeness (QED) is 0.0590. The molecular formula is C40H46O10. The van der Waals surface area contributed by atoms with Crippen molar-refractivity contribution in [1.29, 1.82) is 0 Å². The van der Waals surface area contributed by atoms with Crippen molar-refractivity contribution in [3.63, 3.8) is 0 Å². The minimum atomic E-state index is -0.457. The molecule has 2 N–H and O–H groups in total. The van der Waals surface area contributed by atoms with Crippen LogP contribution in [0.5, 0.6) is 23.0 Å². The molecule has 0 saturated carbocycles. The van der Waals surface area contributed by atoms with Gasteiger partial charge in [0.1, 0.15) is 36.2 Å². The molecule has 10 nitrogen and oxygen atoms in total. The third kappa shape index (κ3) is 14.0. The highest BCUT2D eigenvalue weighted by molar-refractivity contribution is 5.91. The zero-order valence-corrected chi connectivity index (χ0v) is 28.6. The highest BCUT2D eigenvalue weighted by atomic mass is 16.6. The van der Waals surface area contributed by atoms with Gasteiger partial charge in [-0.25, -0.2) is 9.59 Å². The lowest BCUT2D eigenvalue weighted by Gasteiger charge is -2.10. The maximum Gasteiger partial charge on any atom is 0.343 e. The van der Waals surface area contributed by atoms with Crippen LogP contribution >= 0.6 is 0 Å². The minimum Gasteiger partial charge on any atom is -0.491 e. The maximum absolute atomic E-state index is 12.5. The molecule has 4 rings (SSSR count). The first-order chi connectivity index (χ1) is 24.2. The van der Waals surface area contributed by atoms with Crippen molar-refractivity contribution in [1.82, 2.24) is 0 Å². The second-order valence-corrected chi connectivity index (χ2v) is 11.8. The summed E-state index contributed by atoms with van der Waals surface area (Å²) in [6.07, 6.45) is 2.17. The van der Waals surface area contributed by atoms with Gasteiger partial charge in [-0.05, 0) is 123 Å². The predicted octanol–water partition coefficient (Wildman–Crippen LogP) is 6.24. The summed E-state index contributed by atoms with van der Waals surface area (Å²) in [5, 5.41) is 18.9. The second-order valence-electron chi connectivity index (χ2n) is 11.8. The van der Waals surface area contributed by atoms with E-state index in [0.717, 1.165) is 24.0 Å². The largest absolute Gasteiger partial charge is 0.491 e. The molecule has 0 amide bonds. The van der Waals surface area contributed by atoms with E-state index in [9.17, 15) is 19.8 Å². The number of aryl methyl sites for hydroxylation is 2. The van der Waals surface area contributed by atoms with E-state index in [4.69, 9.17) is 28.4 Å². The summed E-state index contributed by atoms with van der Waals surface area (Å²) in [6.45, 7) is 5.76. The summed E-state index contributed by atoms with van der Waals surface area (Å²) in [5.74, 6) is 1.23. The van der Waals surface area contributed by atoms with Crippen LogP contribution in [-0.4, -0.2) is 74.0 Å². The van der Waals surface area contributed by atoms with Crippen LogP contribution in [0, 0.1) is 0 Å². The lowest BCUT2D eigenvalue weighted by atomic mass is 10.1. The number of aliphatic hydroxyl groups is 2. The zero-order valence-electron chi connectivity index (χ0n) is 28.6. The Morgan fingerprint density at radius 2 is 0.800 bits per heavy atom. The summed E-state index contributed by atoms with van der Waals surface area (Å²) in [5.41, 5.74) is 2.96. The Balaban J connectivity index is 1.02. The zero-order chi connectivity index (χ0) is 35.6. The third-order valence-corrected chi connectivity index (χ3v) is 7.51. The van der Waals surface area contributed by atoms with Crippen molar-refractivity contribution in [2.45, 2.75) is 51.7 Å². The van der Waals surface area contributed by atoms with Gasteiger partial charge in [-0.2, -0.15) is 0 Å². The first-order valence-electron chi connectivity index (χ1n) is 16.8. The van der Waals surface area contributed by atoms with Gasteiger partial charge in [0.15, 0.2) is 0 Å². The Morgan fingerprint density at radius 3 is 1.14 bits per heavy atom. The van der Waals surface area contributed by atoms with Crippen molar-refractivity contribution in [2.75, 3.05) is 39.6 Å². The monoisotopic (exact) mass is 686 g/mol. The Kier molecular flexibility index (Phi) is 15.8. The molecule has 4 aromatic rings. The highest BCUT2D eigenvalue weighted by Crippen LogP contribution is 2.19. The smallest absolute Gasteiger partial charge is 0.343 e. The van der Waals surface area contributed by atoms with Gasteiger partial charge in [0, 0.05) is 0 Å². The van der Waals surface area contributed by atoms with Crippen LogP contribution in [0.15, 0.2) is 97.1 Å². The summed E-state index contributed by atoms with van der Waals surface area (Å²) < 4.78 is 33.4. The van der Waals surface area contributed by atoms with Gasteiger partial charge in [0.2, 0.25) is 0 Å². The van der Waals surface area contributed by atoms with Crippen LogP contribution < -0.4 is 18.9 Å². The van der Waals surface area contributed by atoms with E-state index in [2.05, 4.69) is 0 Å². The fourth-order valence-corrected chi connectivity index (χ4v) is 4.66. The lowest BCUT2D eigenvalue weighted by molar-refractivity contribution is 0.0273. The molecule has 266 valence electrons. The van der Waals surface area contributed by atoms with E-state index >= 15 is 0 Å². The van der Waals surface area contributed by atoms with Crippen molar-refractivity contribution < 1.29 is 48.2 Å². The van der Waals surface area contributed by atoms with Crippen molar-refractivity contribution in [3.8, 4) is 23.0 Å². The topological polar surface area (TPSA) is 130 Å². The molecule has 0 radical (unpaired) electrons. The maximum atomic E-state index is 12.5. The predicted molar refractivity (Wildman–Crippen MR) is 188 cm³/mol. The number of benzene rings is 4. The van der Waals surface area contributed by atoms with E-state index < -0.39 is 11.9 Å². The molecule has 0 aliphatic carbocycles. The lowest BCUT2D eigenvalue weighted by Crippen LogP contribution is -2.13. The van der Waals surface area contributed by atoms with Gasteiger partial charge in [-0.3, -0.25) is 0 Å². The van der Waals surface area contributed by atoms with Crippen LogP contribution in [0.2, 0.25) is 0 Å². The van der Waals surface area contributed by atoms with Gasteiger partial charge in [0.25, 0.3) is 0 Å². The third-order valence-electron chi connectivity index (χ3n) is 7.51. The average molecular weight is 687 g/mol. The molecule has 0 spiro atoms. The number of hydrogen-bond acceptors (Lipinski definition) is 10. The van der Waals surface area contributed by atoms with E-state index in [1.54, 1.807) is 86.6 Å². The summed E-state index contributed by atoms with van der Waals surface area (Å²) in [6, 6.07) is 28.0. The summed E-state index contributed by atoms with van der Waals surface area (Å²) >= 11 is 0. The number of esters is 2. The Morgan fingerprint density at radius 1 is 0.480 bits per heavy atom. The number of carbonyl (C=O) groups excluding carboxylic acids is 2. The van der Waals surface area contributed by atoms with E-state index in [0.29, 0.717) is 86.6 Å². The van der Waals surface area contributed by atoms with Crippen molar-refractivity contribution in [3.05, 3.63) is 119 Å². The molecule has 0 aromatic heterocycles. The number of hydrogen-bond donors (Lipinski definition) is 2. The Hall–Kier alpha value is -4.74. The van der Waals surface area contributed by atoms with Gasteiger partial charge in [-0.1, -0.05) is 24.3 Å². The molecule has 50 heavy (non-hydrogen) atoms. The van der Waals surface area contributed by atoms with E-state index in [1.165, 1.54) is 0 Å². The molecule has 0 fully saturated rings. The fraction of sp³-hybridized carbons (Fsp3) is 0.350. The fourth-order valence-electron chi connectivity index (χ4n) is 4.66. The molecular weight excluding hydrogens is 640 g/mol. The van der Waals surface area contributed by atoms with E-state index in [1.807, 2.05) is 24.3 Å². The molecule has 0 aliphatic heterocycles. The number of carbonyl (C=O) groups is 2. The Labute approximate surface area is 293 Å². The normalized spacial score (nSPS) is 12.2. The molecule has 0 aliphatic rings. The van der Waals surface area contributed by atoms with Crippen LogP contribution in [-0.2, 0) is 22.3 Å². The summed E-state index contributed by atoms with van der Waals surface area (Å²) in [4.78, 5) is 25.0. The number of ether oxygens (including phenoxy) is 6. The van der Waals surface area contributed by atoms with E-state index in [-0.39, 0.29) is 12.2 Å². The second kappa shape index (κ2) is 20.7.